The van der Waals surface area contributed by atoms with Crippen LogP contribution in [0, 0.1) is 0 Å². The third-order valence-electron chi connectivity index (χ3n) is 4.73. The van der Waals surface area contributed by atoms with Crippen molar-refractivity contribution in [3.05, 3.63) is 60.1 Å². The number of likely N-dealkylation sites (N-methyl/N-ethyl adjacent to an activating group) is 1. The van der Waals surface area contributed by atoms with Crippen LogP contribution in [0.1, 0.15) is 11.3 Å². The van der Waals surface area contributed by atoms with Crippen LogP contribution in [0.4, 0.5) is 0 Å². The predicted octanol–water partition coefficient (Wildman–Crippen LogP) is 2.07. The summed E-state index contributed by atoms with van der Waals surface area (Å²) in [5, 5.41) is 0. The molecular formula is C21H29N3O3. The Kier molecular flexibility index (Phi) is 7.04. The lowest BCUT2D eigenvalue weighted by Crippen LogP contribution is -2.51. The number of hydrogen-bond donors (Lipinski definition) is 0. The van der Waals surface area contributed by atoms with Crippen molar-refractivity contribution in [1.29, 1.82) is 0 Å². The Hall–Kier alpha value is -2.15. The number of benzene rings is 1. The van der Waals surface area contributed by atoms with Crippen LogP contribution in [0.2, 0.25) is 0 Å². The molecular weight excluding hydrogens is 342 g/mol. The van der Waals surface area contributed by atoms with E-state index in [0.717, 1.165) is 25.4 Å². The third kappa shape index (κ3) is 5.92. The van der Waals surface area contributed by atoms with Gasteiger partial charge in [0.2, 0.25) is 0 Å². The van der Waals surface area contributed by atoms with Gasteiger partial charge in [-0.25, -0.2) is 0 Å². The number of carbonyl (C=O) groups is 1. The first-order chi connectivity index (χ1) is 13.1. The highest BCUT2D eigenvalue weighted by Crippen LogP contribution is 2.14. The van der Waals surface area contributed by atoms with Crippen LogP contribution in [0.25, 0.3) is 0 Å². The normalized spacial score (nSPS) is 18.0. The lowest BCUT2D eigenvalue weighted by atomic mass is 10.1. The van der Waals surface area contributed by atoms with Crippen molar-refractivity contribution in [3.63, 3.8) is 0 Å². The van der Waals surface area contributed by atoms with Gasteiger partial charge in [0.1, 0.15) is 11.9 Å². The first-order valence-electron chi connectivity index (χ1n) is 9.45. The summed E-state index contributed by atoms with van der Waals surface area (Å²) < 4.78 is 11.3. The summed E-state index contributed by atoms with van der Waals surface area (Å²) in [6.07, 6.45) is 1.21. The van der Waals surface area contributed by atoms with Gasteiger partial charge in [0.05, 0.1) is 19.4 Å². The molecule has 146 valence electrons. The van der Waals surface area contributed by atoms with Crippen molar-refractivity contribution in [2.75, 3.05) is 46.9 Å². The molecule has 0 bridgehead atoms. The van der Waals surface area contributed by atoms with Crippen molar-refractivity contribution in [2.24, 2.45) is 0 Å². The van der Waals surface area contributed by atoms with Crippen LogP contribution >= 0.6 is 0 Å². The highest BCUT2D eigenvalue weighted by Gasteiger charge is 2.30. The lowest BCUT2D eigenvalue weighted by Gasteiger charge is -2.35. The number of morpholine rings is 1. The molecule has 1 aliphatic rings. The summed E-state index contributed by atoms with van der Waals surface area (Å²) in [4.78, 5) is 19.4. The molecule has 1 unspecified atom stereocenters. The Morgan fingerprint density at radius 2 is 1.96 bits per heavy atom. The van der Waals surface area contributed by atoms with E-state index in [1.165, 1.54) is 5.56 Å². The molecule has 0 spiro atoms. The molecule has 1 aromatic heterocycles. The number of amides is 1. The molecule has 2 aromatic rings. The summed E-state index contributed by atoms with van der Waals surface area (Å²) in [5.74, 6) is 0.824. The summed E-state index contributed by atoms with van der Waals surface area (Å²) in [6.45, 7) is 4.78. The van der Waals surface area contributed by atoms with Gasteiger partial charge in [-0.1, -0.05) is 30.3 Å². The molecule has 1 amide bonds. The highest BCUT2D eigenvalue weighted by atomic mass is 16.5. The Morgan fingerprint density at radius 1 is 1.15 bits per heavy atom. The van der Waals surface area contributed by atoms with Gasteiger partial charge in [-0.3, -0.25) is 9.69 Å². The van der Waals surface area contributed by atoms with E-state index in [9.17, 15) is 4.79 Å². The van der Waals surface area contributed by atoms with Gasteiger partial charge in [-0.2, -0.15) is 0 Å². The molecule has 2 heterocycles. The first-order valence-corrected chi connectivity index (χ1v) is 9.45. The molecule has 0 aliphatic carbocycles. The van der Waals surface area contributed by atoms with Gasteiger partial charge >= 0.3 is 0 Å². The molecule has 1 atom stereocenters. The van der Waals surface area contributed by atoms with Gasteiger partial charge in [0.25, 0.3) is 5.91 Å². The average molecular weight is 371 g/mol. The highest BCUT2D eigenvalue weighted by molar-refractivity contribution is 5.81. The standard InChI is InChI=1S/C21H29N3O3/c1-22(2)10-11-24(16-19-9-6-13-26-19)21(25)20-17-23(12-14-27-20)15-18-7-4-3-5-8-18/h3-9,13,20H,10-12,14-17H2,1-2H3. The van der Waals surface area contributed by atoms with Crippen LogP contribution in [-0.2, 0) is 22.6 Å². The topological polar surface area (TPSA) is 49.2 Å². The van der Waals surface area contributed by atoms with Gasteiger partial charge < -0.3 is 19.0 Å². The van der Waals surface area contributed by atoms with Gasteiger partial charge in [0, 0.05) is 32.7 Å². The van der Waals surface area contributed by atoms with E-state index in [0.29, 0.717) is 26.2 Å². The minimum Gasteiger partial charge on any atom is -0.467 e. The number of furan rings is 1. The van der Waals surface area contributed by atoms with E-state index >= 15 is 0 Å². The van der Waals surface area contributed by atoms with Gasteiger partial charge in [0.15, 0.2) is 0 Å². The van der Waals surface area contributed by atoms with E-state index in [1.807, 2.05) is 49.3 Å². The molecule has 1 aliphatic heterocycles. The van der Waals surface area contributed by atoms with Crippen molar-refractivity contribution in [3.8, 4) is 0 Å². The van der Waals surface area contributed by atoms with E-state index in [4.69, 9.17) is 9.15 Å². The fraction of sp³-hybridized carbons (Fsp3) is 0.476. The Balaban J connectivity index is 1.62. The second-order valence-corrected chi connectivity index (χ2v) is 7.22. The maximum atomic E-state index is 13.1. The molecule has 27 heavy (non-hydrogen) atoms. The second kappa shape index (κ2) is 9.69. The quantitative estimate of drug-likeness (QED) is 0.711. The molecule has 3 rings (SSSR count). The fourth-order valence-corrected chi connectivity index (χ4v) is 3.22. The summed E-state index contributed by atoms with van der Waals surface area (Å²) >= 11 is 0. The number of hydrogen-bond acceptors (Lipinski definition) is 5. The van der Waals surface area contributed by atoms with Crippen LogP contribution in [0.5, 0.6) is 0 Å². The van der Waals surface area contributed by atoms with Gasteiger partial charge in [-0.15, -0.1) is 0 Å². The number of nitrogens with zero attached hydrogens (tertiary/aromatic N) is 3. The van der Waals surface area contributed by atoms with Crippen LogP contribution in [0.15, 0.2) is 53.1 Å². The zero-order valence-electron chi connectivity index (χ0n) is 16.2. The molecule has 1 fully saturated rings. The fourth-order valence-electron chi connectivity index (χ4n) is 3.22. The molecule has 0 saturated carbocycles. The third-order valence-corrected chi connectivity index (χ3v) is 4.73. The van der Waals surface area contributed by atoms with E-state index < -0.39 is 6.10 Å². The Bertz CT molecular complexity index is 688. The number of ether oxygens (including phenoxy) is 1. The summed E-state index contributed by atoms with van der Waals surface area (Å²) in [5.41, 5.74) is 1.26. The molecule has 0 radical (unpaired) electrons. The predicted molar refractivity (Wildman–Crippen MR) is 104 cm³/mol. The van der Waals surface area contributed by atoms with Crippen molar-refractivity contribution in [2.45, 2.75) is 19.2 Å². The molecule has 0 N–H and O–H groups in total. The largest absolute Gasteiger partial charge is 0.467 e. The van der Waals surface area contributed by atoms with E-state index in [1.54, 1.807) is 6.26 Å². The number of carbonyl (C=O) groups excluding carboxylic acids is 1. The van der Waals surface area contributed by atoms with Crippen molar-refractivity contribution in [1.82, 2.24) is 14.7 Å². The van der Waals surface area contributed by atoms with Crippen LogP contribution in [0.3, 0.4) is 0 Å². The van der Waals surface area contributed by atoms with Crippen LogP contribution < -0.4 is 0 Å². The zero-order chi connectivity index (χ0) is 19.1. The molecule has 6 nitrogen and oxygen atoms in total. The molecule has 6 heteroatoms. The smallest absolute Gasteiger partial charge is 0.253 e. The zero-order valence-corrected chi connectivity index (χ0v) is 16.2. The maximum Gasteiger partial charge on any atom is 0.253 e. The van der Waals surface area contributed by atoms with Crippen molar-refractivity contribution >= 4 is 5.91 Å². The SMILES string of the molecule is CN(C)CCN(Cc1ccco1)C(=O)C1CN(Cc2ccccc2)CCO1. The molecule has 1 aromatic carbocycles. The summed E-state index contributed by atoms with van der Waals surface area (Å²) in [7, 11) is 4.02. The molecule has 1 saturated heterocycles. The summed E-state index contributed by atoms with van der Waals surface area (Å²) in [6, 6.07) is 14.1. The Labute approximate surface area is 161 Å². The maximum absolute atomic E-state index is 13.1. The van der Waals surface area contributed by atoms with Gasteiger partial charge in [-0.05, 0) is 31.8 Å². The minimum atomic E-state index is -0.431. The monoisotopic (exact) mass is 371 g/mol. The van der Waals surface area contributed by atoms with E-state index in [2.05, 4.69) is 21.9 Å². The van der Waals surface area contributed by atoms with E-state index in [-0.39, 0.29) is 5.91 Å². The number of rotatable bonds is 8. The van der Waals surface area contributed by atoms with Crippen molar-refractivity contribution < 1.29 is 13.9 Å². The van der Waals surface area contributed by atoms with Crippen LogP contribution in [-0.4, -0.2) is 73.6 Å². The second-order valence-electron chi connectivity index (χ2n) is 7.22. The Morgan fingerprint density at radius 3 is 2.67 bits per heavy atom. The lowest BCUT2D eigenvalue weighted by molar-refractivity contribution is -0.150. The minimum absolute atomic E-state index is 0.0333. The average Bonchev–Trinajstić information content (AvgIpc) is 3.18. The first kappa shape index (κ1) is 19.6.